The molecule has 3 aromatic carbocycles. The number of benzene rings is 3. The maximum atomic E-state index is 12.8. The lowest BCUT2D eigenvalue weighted by Crippen LogP contribution is -2.10. The summed E-state index contributed by atoms with van der Waals surface area (Å²) in [5, 5.41) is 4.25. The second-order valence-electron chi connectivity index (χ2n) is 6.63. The SMILES string of the molecule is COc1cccc(-c2nc3cc(NC(=O)c4sc5ccccc5c4Cl)ccc3o2)c1. The van der Waals surface area contributed by atoms with Crippen LogP contribution in [0.15, 0.2) is 71.1 Å². The van der Waals surface area contributed by atoms with E-state index in [-0.39, 0.29) is 5.91 Å². The number of carbonyl (C=O) groups is 1. The molecular formula is C23H15ClN2O3S. The number of anilines is 1. The number of amides is 1. The van der Waals surface area contributed by atoms with E-state index in [9.17, 15) is 4.79 Å². The van der Waals surface area contributed by atoms with Crippen LogP contribution < -0.4 is 10.1 Å². The van der Waals surface area contributed by atoms with Crippen molar-refractivity contribution in [1.82, 2.24) is 4.98 Å². The first-order valence-corrected chi connectivity index (χ1v) is 10.4. The molecule has 2 aromatic heterocycles. The van der Waals surface area contributed by atoms with Gasteiger partial charge in [0.05, 0.1) is 12.1 Å². The topological polar surface area (TPSA) is 64.4 Å². The van der Waals surface area contributed by atoms with E-state index in [1.54, 1.807) is 25.3 Å². The number of fused-ring (bicyclic) bond motifs is 2. The number of ether oxygens (including phenoxy) is 1. The van der Waals surface area contributed by atoms with Gasteiger partial charge in [0.1, 0.15) is 16.1 Å². The second kappa shape index (κ2) is 7.48. The number of hydrogen-bond acceptors (Lipinski definition) is 5. The van der Waals surface area contributed by atoms with E-state index in [0.717, 1.165) is 21.4 Å². The molecule has 0 spiro atoms. The van der Waals surface area contributed by atoms with Crippen LogP contribution in [-0.2, 0) is 0 Å². The van der Waals surface area contributed by atoms with Gasteiger partial charge in [0.15, 0.2) is 5.58 Å². The summed E-state index contributed by atoms with van der Waals surface area (Å²) in [7, 11) is 1.61. The Hall–Kier alpha value is -3.35. The highest BCUT2D eigenvalue weighted by molar-refractivity contribution is 7.21. The average Bonchev–Trinajstić information content (AvgIpc) is 3.35. The molecule has 0 unspecified atom stereocenters. The van der Waals surface area contributed by atoms with Crippen molar-refractivity contribution in [3.8, 4) is 17.2 Å². The molecule has 0 saturated carbocycles. The average molecular weight is 435 g/mol. The smallest absolute Gasteiger partial charge is 0.267 e. The van der Waals surface area contributed by atoms with E-state index in [4.69, 9.17) is 20.8 Å². The predicted molar refractivity (Wildman–Crippen MR) is 121 cm³/mol. The number of nitrogens with one attached hydrogen (secondary N) is 1. The molecule has 2 heterocycles. The Labute approximate surface area is 180 Å². The minimum Gasteiger partial charge on any atom is -0.497 e. The predicted octanol–water partition coefficient (Wildman–Crippen LogP) is 6.62. The Morgan fingerprint density at radius 2 is 1.97 bits per heavy atom. The van der Waals surface area contributed by atoms with Crippen LogP contribution in [0.4, 0.5) is 5.69 Å². The van der Waals surface area contributed by atoms with Crippen molar-refractivity contribution in [1.29, 1.82) is 0 Å². The van der Waals surface area contributed by atoms with Gasteiger partial charge in [0.25, 0.3) is 5.91 Å². The van der Waals surface area contributed by atoms with Gasteiger partial charge in [-0.15, -0.1) is 11.3 Å². The van der Waals surface area contributed by atoms with Crippen LogP contribution in [-0.4, -0.2) is 18.0 Å². The molecule has 0 aliphatic heterocycles. The Bertz CT molecular complexity index is 1410. The van der Waals surface area contributed by atoms with Gasteiger partial charge in [0, 0.05) is 21.3 Å². The molecule has 0 atom stereocenters. The second-order valence-corrected chi connectivity index (χ2v) is 8.06. The first-order valence-electron chi connectivity index (χ1n) is 9.16. The molecule has 5 rings (SSSR count). The molecule has 30 heavy (non-hydrogen) atoms. The maximum absolute atomic E-state index is 12.8. The summed E-state index contributed by atoms with van der Waals surface area (Å²) in [6.07, 6.45) is 0. The van der Waals surface area contributed by atoms with E-state index in [0.29, 0.717) is 32.6 Å². The van der Waals surface area contributed by atoms with Gasteiger partial charge >= 0.3 is 0 Å². The standard InChI is InChI=1S/C23H15ClN2O3S/c1-28-15-6-4-5-13(11-15)23-26-17-12-14(9-10-18(17)29-23)25-22(27)21-20(24)16-7-2-3-8-19(16)30-21/h2-12H,1H3,(H,25,27). The Kier molecular flexibility index (Phi) is 4.65. The number of nitrogens with zero attached hydrogens (tertiary/aromatic N) is 1. The molecule has 5 aromatic rings. The molecule has 0 fully saturated rings. The summed E-state index contributed by atoms with van der Waals surface area (Å²) in [6.45, 7) is 0. The highest BCUT2D eigenvalue weighted by Crippen LogP contribution is 2.36. The minimum absolute atomic E-state index is 0.253. The van der Waals surface area contributed by atoms with Crippen molar-refractivity contribution in [3.63, 3.8) is 0 Å². The molecule has 5 nitrogen and oxygen atoms in total. The molecule has 148 valence electrons. The minimum atomic E-state index is -0.253. The summed E-state index contributed by atoms with van der Waals surface area (Å²) in [5.74, 6) is 0.958. The molecular weight excluding hydrogens is 420 g/mol. The Morgan fingerprint density at radius 1 is 1.10 bits per heavy atom. The third-order valence-corrected chi connectivity index (χ3v) is 6.38. The van der Waals surface area contributed by atoms with Crippen molar-refractivity contribution in [2.45, 2.75) is 0 Å². The van der Waals surface area contributed by atoms with Crippen molar-refractivity contribution < 1.29 is 13.9 Å². The normalized spacial score (nSPS) is 11.1. The fraction of sp³-hybridized carbons (Fsp3) is 0.0435. The lowest BCUT2D eigenvalue weighted by atomic mass is 10.2. The van der Waals surface area contributed by atoms with E-state index in [2.05, 4.69) is 10.3 Å². The van der Waals surface area contributed by atoms with Gasteiger partial charge in [-0.3, -0.25) is 4.79 Å². The zero-order valence-electron chi connectivity index (χ0n) is 15.8. The van der Waals surface area contributed by atoms with Crippen LogP contribution in [0.2, 0.25) is 5.02 Å². The lowest BCUT2D eigenvalue weighted by molar-refractivity contribution is 0.103. The van der Waals surface area contributed by atoms with Gasteiger partial charge in [0.2, 0.25) is 5.89 Å². The molecule has 1 amide bonds. The molecule has 0 aliphatic carbocycles. The molecule has 0 aliphatic rings. The fourth-order valence-corrected chi connectivity index (χ4v) is 4.64. The third-order valence-electron chi connectivity index (χ3n) is 4.70. The zero-order chi connectivity index (χ0) is 20.7. The quantitative estimate of drug-likeness (QED) is 0.345. The number of halogens is 1. The van der Waals surface area contributed by atoms with Gasteiger partial charge < -0.3 is 14.5 Å². The summed E-state index contributed by atoms with van der Waals surface area (Å²) in [4.78, 5) is 17.8. The van der Waals surface area contributed by atoms with Crippen LogP contribution in [0, 0.1) is 0 Å². The monoisotopic (exact) mass is 434 g/mol. The van der Waals surface area contributed by atoms with Gasteiger partial charge in [-0.25, -0.2) is 4.98 Å². The van der Waals surface area contributed by atoms with Gasteiger partial charge in [-0.05, 0) is 42.5 Å². The molecule has 1 N–H and O–H groups in total. The van der Waals surface area contributed by atoms with E-state index >= 15 is 0 Å². The van der Waals surface area contributed by atoms with Crippen LogP contribution >= 0.6 is 22.9 Å². The van der Waals surface area contributed by atoms with Crippen LogP contribution in [0.3, 0.4) is 0 Å². The Morgan fingerprint density at radius 3 is 2.80 bits per heavy atom. The van der Waals surface area contributed by atoms with E-state index in [1.165, 1.54) is 11.3 Å². The van der Waals surface area contributed by atoms with Gasteiger partial charge in [-0.2, -0.15) is 0 Å². The highest BCUT2D eigenvalue weighted by Gasteiger charge is 2.18. The third kappa shape index (κ3) is 3.30. The maximum Gasteiger partial charge on any atom is 0.267 e. The molecule has 0 bridgehead atoms. The summed E-state index contributed by atoms with van der Waals surface area (Å²) < 4.78 is 12.1. The molecule has 0 radical (unpaired) electrons. The highest BCUT2D eigenvalue weighted by atomic mass is 35.5. The molecule has 7 heteroatoms. The molecule has 0 saturated heterocycles. The number of methoxy groups -OCH3 is 1. The number of carbonyl (C=O) groups excluding carboxylic acids is 1. The number of thiophene rings is 1. The van der Waals surface area contributed by atoms with Crippen LogP contribution in [0.1, 0.15) is 9.67 Å². The summed E-state index contributed by atoms with van der Waals surface area (Å²) >= 11 is 7.79. The summed E-state index contributed by atoms with van der Waals surface area (Å²) in [5.41, 5.74) is 2.71. The first kappa shape index (κ1) is 18.7. The number of hydrogen-bond donors (Lipinski definition) is 1. The fourth-order valence-electron chi connectivity index (χ4n) is 3.23. The van der Waals surface area contributed by atoms with Crippen molar-refractivity contribution in [2.24, 2.45) is 0 Å². The van der Waals surface area contributed by atoms with Crippen molar-refractivity contribution in [2.75, 3.05) is 12.4 Å². The van der Waals surface area contributed by atoms with E-state index in [1.807, 2.05) is 48.5 Å². The first-order chi connectivity index (χ1) is 14.6. The number of aromatic nitrogens is 1. The van der Waals surface area contributed by atoms with Crippen molar-refractivity contribution in [3.05, 3.63) is 76.6 Å². The van der Waals surface area contributed by atoms with Crippen molar-refractivity contribution >= 4 is 55.7 Å². The number of rotatable bonds is 4. The number of oxazole rings is 1. The van der Waals surface area contributed by atoms with Crippen LogP contribution in [0.25, 0.3) is 32.6 Å². The lowest BCUT2D eigenvalue weighted by Gasteiger charge is -2.03. The van der Waals surface area contributed by atoms with Gasteiger partial charge in [-0.1, -0.05) is 35.9 Å². The summed E-state index contributed by atoms with van der Waals surface area (Å²) in [6, 6.07) is 20.5. The van der Waals surface area contributed by atoms with E-state index < -0.39 is 0 Å². The van der Waals surface area contributed by atoms with Crippen LogP contribution in [0.5, 0.6) is 5.75 Å². The largest absolute Gasteiger partial charge is 0.497 e. The zero-order valence-corrected chi connectivity index (χ0v) is 17.4. The Balaban J connectivity index is 1.44.